The molecule has 0 aliphatic rings. The fourth-order valence-corrected chi connectivity index (χ4v) is 1.72. The van der Waals surface area contributed by atoms with E-state index in [9.17, 15) is 13.9 Å². The molecular weight excluding hydrogens is 198 g/mol. The molecule has 1 aromatic rings. The van der Waals surface area contributed by atoms with Crippen LogP contribution in [0.5, 0.6) is 0 Å². The first kappa shape index (κ1) is 12.1. The second kappa shape index (κ2) is 4.71. The van der Waals surface area contributed by atoms with Crippen molar-refractivity contribution in [3.8, 4) is 0 Å². The van der Waals surface area contributed by atoms with Crippen LogP contribution in [0.2, 0.25) is 0 Å². The number of benzene rings is 1. The van der Waals surface area contributed by atoms with E-state index in [1.165, 1.54) is 6.07 Å². The topological polar surface area (TPSA) is 20.2 Å². The van der Waals surface area contributed by atoms with Crippen molar-refractivity contribution in [2.24, 2.45) is 0 Å². The number of aliphatic hydroxyl groups is 1. The normalized spacial score (nSPS) is 15.0. The predicted octanol–water partition coefficient (Wildman–Crippen LogP) is 3.36. The van der Waals surface area contributed by atoms with Crippen molar-refractivity contribution in [2.45, 2.75) is 38.7 Å². The summed E-state index contributed by atoms with van der Waals surface area (Å²) in [6.45, 7) is 3.78. The Bertz CT molecular complexity index is 338. The molecule has 0 aromatic heterocycles. The molecule has 1 N–H and O–H groups in total. The Labute approximate surface area is 88.7 Å². The van der Waals surface area contributed by atoms with Gasteiger partial charge in [0.05, 0.1) is 5.60 Å². The Morgan fingerprint density at radius 3 is 2.33 bits per heavy atom. The molecule has 1 rings (SSSR count). The van der Waals surface area contributed by atoms with Crippen LogP contribution in [-0.4, -0.2) is 5.11 Å². The molecule has 1 unspecified atom stereocenters. The van der Waals surface area contributed by atoms with Gasteiger partial charge < -0.3 is 5.11 Å². The van der Waals surface area contributed by atoms with E-state index in [4.69, 9.17) is 0 Å². The summed E-state index contributed by atoms with van der Waals surface area (Å²) in [4.78, 5) is 0. The third kappa shape index (κ3) is 2.53. The van der Waals surface area contributed by atoms with Gasteiger partial charge >= 0.3 is 0 Å². The molecule has 0 spiro atoms. The van der Waals surface area contributed by atoms with Crippen LogP contribution in [0.1, 0.15) is 38.7 Å². The van der Waals surface area contributed by atoms with E-state index in [2.05, 4.69) is 0 Å². The first-order chi connectivity index (χ1) is 7.03. The number of rotatable bonds is 4. The van der Waals surface area contributed by atoms with Gasteiger partial charge in [0.15, 0.2) is 11.6 Å². The lowest BCUT2D eigenvalue weighted by Gasteiger charge is -2.27. The molecule has 0 amide bonds. The van der Waals surface area contributed by atoms with Crippen molar-refractivity contribution in [3.05, 3.63) is 35.4 Å². The van der Waals surface area contributed by atoms with Gasteiger partial charge in [-0.1, -0.05) is 26.3 Å². The number of hydrogen-bond donors (Lipinski definition) is 1. The lowest BCUT2D eigenvalue weighted by atomic mass is 9.87. The first-order valence-corrected chi connectivity index (χ1v) is 5.21. The van der Waals surface area contributed by atoms with Crippen LogP contribution in [0, 0.1) is 11.6 Å². The summed E-state index contributed by atoms with van der Waals surface area (Å²) in [7, 11) is 0. The maximum Gasteiger partial charge on any atom is 0.159 e. The van der Waals surface area contributed by atoms with Crippen molar-refractivity contribution in [2.75, 3.05) is 0 Å². The van der Waals surface area contributed by atoms with Crippen LogP contribution in [0.15, 0.2) is 18.2 Å². The third-order valence-electron chi connectivity index (χ3n) is 2.71. The fraction of sp³-hybridized carbons (Fsp3) is 0.500. The average molecular weight is 214 g/mol. The zero-order valence-corrected chi connectivity index (χ0v) is 9.06. The molecule has 0 saturated heterocycles. The van der Waals surface area contributed by atoms with E-state index >= 15 is 0 Å². The average Bonchev–Trinajstić information content (AvgIpc) is 2.22. The predicted molar refractivity (Wildman–Crippen MR) is 55.5 cm³/mol. The van der Waals surface area contributed by atoms with Gasteiger partial charge in [-0.2, -0.15) is 0 Å². The Morgan fingerprint density at radius 1 is 1.20 bits per heavy atom. The number of hydrogen-bond acceptors (Lipinski definition) is 1. The lowest BCUT2D eigenvalue weighted by Crippen LogP contribution is -2.24. The molecule has 1 atom stereocenters. The van der Waals surface area contributed by atoms with Gasteiger partial charge in [0, 0.05) is 0 Å². The van der Waals surface area contributed by atoms with Gasteiger partial charge in [-0.05, 0) is 30.5 Å². The van der Waals surface area contributed by atoms with E-state index in [0.717, 1.165) is 18.6 Å². The van der Waals surface area contributed by atoms with Crippen molar-refractivity contribution < 1.29 is 13.9 Å². The summed E-state index contributed by atoms with van der Waals surface area (Å²) in [5, 5.41) is 10.2. The van der Waals surface area contributed by atoms with Crippen LogP contribution in [0.25, 0.3) is 0 Å². The van der Waals surface area contributed by atoms with E-state index in [1.807, 2.05) is 13.8 Å². The Balaban J connectivity index is 3.07. The molecule has 15 heavy (non-hydrogen) atoms. The van der Waals surface area contributed by atoms with E-state index in [-0.39, 0.29) is 0 Å². The summed E-state index contributed by atoms with van der Waals surface area (Å²) >= 11 is 0. The van der Waals surface area contributed by atoms with E-state index in [1.54, 1.807) is 0 Å². The molecule has 3 heteroatoms. The Hall–Kier alpha value is -0.960. The van der Waals surface area contributed by atoms with Crippen molar-refractivity contribution in [1.29, 1.82) is 0 Å². The minimum atomic E-state index is -1.04. The summed E-state index contributed by atoms with van der Waals surface area (Å²) in [6, 6.07) is 3.58. The quantitative estimate of drug-likeness (QED) is 0.814. The highest BCUT2D eigenvalue weighted by atomic mass is 19.2. The summed E-state index contributed by atoms with van der Waals surface area (Å²) in [5.41, 5.74) is -0.589. The van der Waals surface area contributed by atoms with Crippen molar-refractivity contribution in [1.82, 2.24) is 0 Å². The maximum atomic E-state index is 13.0. The van der Waals surface area contributed by atoms with Gasteiger partial charge in [-0.25, -0.2) is 8.78 Å². The molecule has 0 aliphatic heterocycles. The molecule has 0 radical (unpaired) electrons. The molecule has 84 valence electrons. The maximum absolute atomic E-state index is 13.0. The second-order valence-electron chi connectivity index (χ2n) is 3.76. The van der Waals surface area contributed by atoms with Crippen molar-refractivity contribution in [3.63, 3.8) is 0 Å². The van der Waals surface area contributed by atoms with E-state index in [0.29, 0.717) is 18.4 Å². The zero-order chi connectivity index (χ0) is 11.5. The van der Waals surface area contributed by atoms with Crippen LogP contribution in [0.3, 0.4) is 0 Å². The zero-order valence-electron chi connectivity index (χ0n) is 9.06. The monoisotopic (exact) mass is 214 g/mol. The minimum Gasteiger partial charge on any atom is -0.385 e. The highest BCUT2D eigenvalue weighted by Gasteiger charge is 2.26. The third-order valence-corrected chi connectivity index (χ3v) is 2.71. The molecular formula is C12H16F2O. The fourth-order valence-electron chi connectivity index (χ4n) is 1.72. The van der Waals surface area contributed by atoms with Crippen LogP contribution < -0.4 is 0 Å². The highest BCUT2D eigenvalue weighted by molar-refractivity contribution is 5.24. The minimum absolute atomic E-state index is 0.450. The van der Waals surface area contributed by atoms with Crippen molar-refractivity contribution >= 4 is 0 Å². The SMILES string of the molecule is CCCC(O)(CC)c1ccc(F)c(F)c1. The summed E-state index contributed by atoms with van der Waals surface area (Å²) in [6.07, 6.45) is 1.84. The highest BCUT2D eigenvalue weighted by Crippen LogP contribution is 2.30. The van der Waals surface area contributed by atoms with Crippen LogP contribution in [-0.2, 0) is 5.60 Å². The van der Waals surface area contributed by atoms with Gasteiger partial charge in [-0.15, -0.1) is 0 Å². The largest absolute Gasteiger partial charge is 0.385 e. The standard InChI is InChI=1S/C12H16F2O/c1-3-7-12(15,4-2)9-5-6-10(13)11(14)8-9/h5-6,8,15H,3-4,7H2,1-2H3. The molecule has 0 fully saturated rings. The summed E-state index contributed by atoms with van der Waals surface area (Å²) in [5.74, 6) is -1.79. The van der Waals surface area contributed by atoms with Gasteiger partial charge in [-0.3, -0.25) is 0 Å². The molecule has 1 nitrogen and oxygen atoms in total. The van der Waals surface area contributed by atoms with Gasteiger partial charge in [0.1, 0.15) is 0 Å². The van der Waals surface area contributed by atoms with E-state index < -0.39 is 17.2 Å². The molecule has 1 aromatic carbocycles. The van der Waals surface area contributed by atoms with Gasteiger partial charge in [0.25, 0.3) is 0 Å². The molecule has 0 aliphatic carbocycles. The molecule has 0 saturated carbocycles. The van der Waals surface area contributed by atoms with Crippen LogP contribution >= 0.6 is 0 Å². The molecule has 0 bridgehead atoms. The second-order valence-corrected chi connectivity index (χ2v) is 3.76. The molecule has 0 heterocycles. The lowest BCUT2D eigenvalue weighted by molar-refractivity contribution is 0.0222. The Morgan fingerprint density at radius 2 is 1.87 bits per heavy atom. The first-order valence-electron chi connectivity index (χ1n) is 5.21. The smallest absolute Gasteiger partial charge is 0.159 e. The van der Waals surface area contributed by atoms with Crippen LogP contribution in [0.4, 0.5) is 8.78 Å². The van der Waals surface area contributed by atoms with Gasteiger partial charge in [0.2, 0.25) is 0 Å². The summed E-state index contributed by atoms with van der Waals surface area (Å²) < 4.78 is 25.7. The number of halogens is 2. The Kier molecular flexibility index (Phi) is 3.80.